The maximum Gasteiger partial charge on any atom is 0.261 e. The van der Waals surface area contributed by atoms with Crippen molar-refractivity contribution >= 4 is 27.8 Å². The molecule has 0 spiro atoms. The van der Waals surface area contributed by atoms with E-state index in [1.54, 1.807) is 10.8 Å². The molecule has 1 aliphatic rings. The zero-order valence-electron chi connectivity index (χ0n) is 15.5. The van der Waals surface area contributed by atoms with Crippen LogP contribution in [0.2, 0.25) is 0 Å². The van der Waals surface area contributed by atoms with E-state index in [-0.39, 0.29) is 5.56 Å². The number of aromatic amines is 1. The Bertz CT molecular complexity index is 1190. The summed E-state index contributed by atoms with van der Waals surface area (Å²) >= 11 is 0. The first-order valence-corrected chi connectivity index (χ1v) is 9.53. The van der Waals surface area contributed by atoms with Gasteiger partial charge in [-0.25, -0.2) is 9.97 Å². The topological polar surface area (TPSA) is 76.0 Å². The fraction of sp³-hybridized carbons (Fsp3) is 0.286. The number of aromatic nitrogens is 4. The highest BCUT2D eigenvalue weighted by Gasteiger charge is 2.15. The molecule has 28 heavy (non-hydrogen) atoms. The molecule has 1 aliphatic heterocycles. The fourth-order valence-corrected chi connectivity index (χ4v) is 3.73. The molecule has 0 atom stereocenters. The monoisotopic (exact) mass is 375 g/mol. The Hall–Kier alpha value is -3.19. The van der Waals surface area contributed by atoms with Crippen LogP contribution in [-0.2, 0) is 17.7 Å². The van der Waals surface area contributed by atoms with E-state index in [2.05, 4.69) is 32.0 Å². The Labute approximate surface area is 161 Å². The average Bonchev–Trinajstić information content (AvgIpc) is 3.17. The molecule has 7 heteroatoms. The number of H-pyrrole nitrogens is 1. The van der Waals surface area contributed by atoms with Crippen LogP contribution < -0.4 is 10.5 Å². The predicted octanol–water partition coefficient (Wildman–Crippen LogP) is 2.35. The Morgan fingerprint density at radius 1 is 1.11 bits per heavy atom. The Balaban J connectivity index is 1.41. The third kappa shape index (κ3) is 3.03. The third-order valence-corrected chi connectivity index (χ3v) is 5.30. The number of para-hydroxylation sites is 1. The lowest BCUT2D eigenvalue weighted by Gasteiger charge is -2.26. The molecular formula is C21H21N5O2. The summed E-state index contributed by atoms with van der Waals surface area (Å²) in [7, 11) is 0. The normalized spacial score (nSPS) is 14.8. The summed E-state index contributed by atoms with van der Waals surface area (Å²) in [6, 6.07) is 10.1. The van der Waals surface area contributed by atoms with E-state index in [4.69, 9.17) is 4.74 Å². The van der Waals surface area contributed by atoms with Crippen LogP contribution in [0.4, 0.5) is 5.95 Å². The summed E-state index contributed by atoms with van der Waals surface area (Å²) in [6.45, 7) is 3.51. The second-order valence-electron chi connectivity index (χ2n) is 6.99. The van der Waals surface area contributed by atoms with E-state index in [1.165, 1.54) is 10.9 Å². The minimum absolute atomic E-state index is 0.0501. The molecule has 3 aromatic heterocycles. The van der Waals surface area contributed by atoms with E-state index < -0.39 is 0 Å². The summed E-state index contributed by atoms with van der Waals surface area (Å²) in [5.74, 6) is 0.659. The number of aryl methyl sites for hydroxylation is 2. The Kier molecular flexibility index (Phi) is 4.29. The van der Waals surface area contributed by atoms with E-state index in [0.717, 1.165) is 25.0 Å². The molecule has 0 bridgehead atoms. The number of rotatable bonds is 4. The zero-order valence-corrected chi connectivity index (χ0v) is 15.5. The van der Waals surface area contributed by atoms with Gasteiger partial charge < -0.3 is 19.2 Å². The van der Waals surface area contributed by atoms with Crippen molar-refractivity contribution in [2.24, 2.45) is 0 Å². The average molecular weight is 375 g/mol. The van der Waals surface area contributed by atoms with Gasteiger partial charge >= 0.3 is 0 Å². The van der Waals surface area contributed by atoms with Gasteiger partial charge in [0.1, 0.15) is 0 Å². The lowest BCUT2D eigenvalue weighted by Crippen LogP contribution is -2.37. The summed E-state index contributed by atoms with van der Waals surface area (Å²) < 4.78 is 7.11. The summed E-state index contributed by atoms with van der Waals surface area (Å²) in [4.78, 5) is 27.3. The van der Waals surface area contributed by atoms with Crippen LogP contribution >= 0.6 is 0 Å². The van der Waals surface area contributed by atoms with Crippen molar-refractivity contribution in [1.29, 1.82) is 0 Å². The number of nitrogens with zero attached hydrogens (tertiary/aromatic N) is 4. The first-order chi connectivity index (χ1) is 13.8. The number of fused-ring (bicyclic) bond motifs is 2. The quantitative estimate of drug-likeness (QED) is 0.593. The molecule has 7 nitrogen and oxygen atoms in total. The number of pyridine rings is 1. The molecule has 5 rings (SSSR count). The number of nitrogens with one attached hydrogen (secondary N) is 1. The van der Waals surface area contributed by atoms with Gasteiger partial charge in [0, 0.05) is 49.1 Å². The Morgan fingerprint density at radius 3 is 2.86 bits per heavy atom. The molecule has 1 fully saturated rings. The van der Waals surface area contributed by atoms with Crippen molar-refractivity contribution in [3.05, 3.63) is 64.8 Å². The van der Waals surface area contributed by atoms with E-state index in [9.17, 15) is 4.79 Å². The van der Waals surface area contributed by atoms with Crippen molar-refractivity contribution in [3.8, 4) is 0 Å². The van der Waals surface area contributed by atoms with Crippen molar-refractivity contribution in [3.63, 3.8) is 0 Å². The lowest BCUT2D eigenvalue weighted by molar-refractivity contribution is 0.122. The second-order valence-corrected chi connectivity index (χ2v) is 6.99. The first kappa shape index (κ1) is 16.9. The van der Waals surface area contributed by atoms with Gasteiger partial charge in [0.2, 0.25) is 5.95 Å². The highest BCUT2D eigenvalue weighted by atomic mass is 16.5. The highest BCUT2D eigenvalue weighted by molar-refractivity contribution is 5.83. The van der Waals surface area contributed by atoms with Crippen molar-refractivity contribution in [2.75, 3.05) is 31.2 Å². The van der Waals surface area contributed by atoms with Gasteiger partial charge in [0.25, 0.3) is 5.56 Å². The maximum atomic E-state index is 12.9. The molecule has 4 heterocycles. The number of hydrogen-bond donors (Lipinski definition) is 1. The van der Waals surface area contributed by atoms with Gasteiger partial charge in [-0.05, 0) is 24.1 Å². The van der Waals surface area contributed by atoms with Gasteiger partial charge in [-0.2, -0.15) is 0 Å². The molecular weight excluding hydrogens is 354 g/mol. The van der Waals surface area contributed by atoms with E-state index in [0.29, 0.717) is 36.6 Å². The van der Waals surface area contributed by atoms with Crippen molar-refractivity contribution < 1.29 is 4.74 Å². The number of benzene rings is 1. The SMILES string of the molecule is O=c1c2cnc(N3CCOCC3)nc2ccn1CCc1c[nH]c2ccccc12. The van der Waals surface area contributed by atoms with Crippen LogP contribution in [0.25, 0.3) is 21.8 Å². The van der Waals surface area contributed by atoms with Crippen LogP contribution in [0.3, 0.4) is 0 Å². The minimum Gasteiger partial charge on any atom is -0.378 e. The largest absolute Gasteiger partial charge is 0.378 e. The number of ether oxygens (including phenoxy) is 1. The van der Waals surface area contributed by atoms with Crippen LogP contribution in [-0.4, -0.2) is 45.8 Å². The smallest absolute Gasteiger partial charge is 0.261 e. The summed E-state index contributed by atoms with van der Waals surface area (Å²) in [5, 5.41) is 1.76. The Morgan fingerprint density at radius 2 is 1.96 bits per heavy atom. The molecule has 0 unspecified atom stereocenters. The number of hydrogen-bond acceptors (Lipinski definition) is 5. The van der Waals surface area contributed by atoms with Gasteiger partial charge in [0.15, 0.2) is 0 Å². The standard InChI is InChI=1S/C21H21N5O2/c27-20-17-14-23-21(26-9-11-28-12-10-26)24-19(17)6-8-25(20)7-5-15-13-22-18-4-2-1-3-16(15)18/h1-4,6,8,13-14,22H,5,7,9-12H2. The highest BCUT2D eigenvalue weighted by Crippen LogP contribution is 2.19. The maximum absolute atomic E-state index is 12.9. The van der Waals surface area contributed by atoms with Crippen molar-refractivity contribution in [2.45, 2.75) is 13.0 Å². The molecule has 142 valence electrons. The second kappa shape index (κ2) is 7.09. The van der Waals surface area contributed by atoms with Gasteiger partial charge in [0.05, 0.1) is 24.1 Å². The molecule has 0 saturated carbocycles. The molecule has 0 amide bonds. The summed E-state index contributed by atoms with van der Waals surface area (Å²) in [6.07, 6.45) is 6.28. The first-order valence-electron chi connectivity index (χ1n) is 9.53. The van der Waals surface area contributed by atoms with Crippen LogP contribution in [0, 0.1) is 0 Å². The van der Waals surface area contributed by atoms with Gasteiger partial charge in [-0.1, -0.05) is 18.2 Å². The van der Waals surface area contributed by atoms with Crippen LogP contribution in [0.1, 0.15) is 5.56 Å². The predicted molar refractivity (Wildman–Crippen MR) is 109 cm³/mol. The van der Waals surface area contributed by atoms with Crippen LogP contribution in [0.5, 0.6) is 0 Å². The summed E-state index contributed by atoms with van der Waals surface area (Å²) in [5.41, 5.74) is 2.96. The molecule has 0 aliphatic carbocycles. The number of morpholine rings is 1. The van der Waals surface area contributed by atoms with Crippen molar-refractivity contribution in [1.82, 2.24) is 19.5 Å². The molecule has 0 radical (unpaired) electrons. The van der Waals surface area contributed by atoms with Gasteiger partial charge in [-0.15, -0.1) is 0 Å². The third-order valence-electron chi connectivity index (χ3n) is 5.30. The van der Waals surface area contributed by atoms with Gasteiger partial charge in [-0.3, -0.25) is 4.79 Å². The van der Waals surface area contributed by atoms with Crippen LogP contribution in [0.15, 0.2) is 53.7 Å². The molecule has 1 saturated heterocycles. The zero-order chi connectivity index (χ0) is 18.9. The molecule has 1 aromatic carbocycles. The molecule has 1 N–H and O–H groups in total. The minimum atomic E-state index is -0.0501. The van der Waals surface area contributed by atoms with E-state index >= 15 is 0 Å². The molecule has 4 aromatic rings. The lowest BCUT2D eigenvalue weighted by atomic mass is 10.1. The number of anilines is 1. The fourth-order valence-electron chi connectivity index (χ4n) is 3.73. The van der Waals surface area contributed by atoms with E-state index in [1.807, 2.05) is 30.6 Å².